The Morgan fingerprint density at radius 2 is 1.90 bits per heavy atom. The molecule has 0 aliphatic rings. The summed E-state index contributed by atoms with van der Waals surface area (Å²) in [5.74, 6) is 1.64. The molecule has 5 heteroatoms. The second kappa shape index (κ2) is 7.69. The van der Waals surface area contributed by atoms with Crippen molar-refractivity contribution >= 4 is 27.5 Å². The van der Waals surface area contributed by atoms with E-state index in [1.165, 1.54) is 0 Å². The van der Waals surface area contributed by atoms with Crippen molar-refractivity contribution < 1.29 is 9.47 Å². The molecular weight excluding hydrogens is 354 g/mol. The number of halogens is 2. The first kappa shape index (κ1) is 16.1. The van der Waals surface area contributed by atoms with Crippen molar-refractivity contribution in [3.05, 3.63) is 57.0 Å². The summed E-state index contributed by atoms with van der Waals surface area (Å²) in [6.45, 7) is 1.20. The van der Waals surface area contributed by atoms with Gasteiger partial charge in [0, 0.05) is 17.1 Å². The van der Waals surface area contributed by atoms with Gasteiger partial charge in [-0.2, -0.15) is 0 Å². The number of nitrogens with one attached hydrogen (secondary N) is 1. The third kappa shape index (κ3) is 4.37. The van der Waals surface area contributed by atoms with Crippen LogP contribution < -0.4 is 14.8 Å². The summed E-state index contributed by atoms with van der Waals surface area (Å²) in [6, 6.07) is 11.5. The van der Waals surface area contributed by atoms with Crippen LogP contribution in [0.5, 0.6) is 11.5 Å². The van der Waals surface area contributed by atoms with E-state index >= 15 is 0 Å². The lowest BCUT2D eigenvalue weighted by Crippen LogP contribution is -2.07. The fourth-order valence-electron chi connectivity index (χ4n) is 1.98. The van der Waals surface area contributed by atoms with Crippen LogP contribution in [0.1, 0.15) is 11.1 Å². The van der Waals surface area contributed by atoms with Gasteiger partial charge in [0.15, 0.2) is 0 Å². The van der Waals surface area contributed by atoms with E-state index in [0.717, 1.165) is 27.1 Å². The van der Waals surface area contributed by atoms with Crippen LogP contribution in [0.15, 0.2) is 40.9 Å². The number of hydrogen-bond donors (Lipinski definition) is 1. The number of rotatable bonds is 6. The SMILES string of the molecule is CNCc1cc(Cl)ccc1OCc1ccc(OC)c(Br)c1. The van der Waals surface area contributed by atoms with Crippen molar-refractivity contribution in [2.24, 2.45) is 0 Å². The first-order chi connectivity index (χ1) is 10.1. The van der Waals surface area contributed by atoms with E-state index in [-0.39, 0.29) is 0 Å². The largest absolute Gasteiger partial charge is 0.496 e. The van der Waals surface area contributed by atoms with Gasteiger partial charge in [0.2, 0.25) is 0 Å². The van der Waals surface area contributed by atoms with Crippen LogP contribution in [0.2, 0.25) is 5.02 Å². The van der Waals surface area contributed by atoms with Crippen LogP contribution in [-0.2, 0) is 13.2 Å². The smallest absolute Gasteiger partial charge is 0.133 e. The molecule has 0 fully saturated rings. The summed E-state index contributed by atoms with van der Waals surface area (Å²) in [5, 5.41) is 3.82. The van der Waals surface area contributed by atoms with E-state index in [4.69, 9.17) is 21.1 Å². The Hall–Kier alpha value is -1.23. The average molecular weight is 371 g/mol. The highest BCUT2D eigenvalue weighted by Crippen LogP contribution is 2.27. The maximum Gasteiger partial charge on any atom is 0.133 e. The first-order valence-corrected chi connectivity index (χ1v) is 7.69. The number of benzene rings is 2. The summed E-state index contributed by atoms with van der Waals surface area (Å²) in [4.78, 5) is 0. The van der Waals surface area contributed by atoms with Crippen LogP contribution in [0.4, 0.5) is 0 Å². The molecular formula is C16H17BrClNO2. The molecule has 0 spiro atoms. The Morgan fingerprint density at radius 1 is 1.14 bits per heavy atom. The van der Waals surface area contributed by atoms with E-state index in [9.17, 15) is 0 Å². The molecule has 0 radical (unpaired) electrons. The van der Waals surface area contributed by atoms with Crippen LogP contribution in [0.3, 0.4) is 0 Å². The molecule has 0 bridgehead atoms. The molecule has 0 saturated heterocycles. The van der Waals surface area contributed by atoms with Gasteiger partial charge < -0.3 is 14.8 Å². The molecule has 0 aliphatic heterocycles. The average Bonchev–Trinajstić information content (AvgIpc) is 2.47. The van der Waals surface area contributed by atoms with Crippen LogP contribution in [0.25, 0.3) is 0 Å². The zero-order chi connectivity index (χ0) is 15.2. The van der Waals surface area contributed by atoms with Gasteiger partial charge in [0.05, 0.1) is 11.6 Å². The van der Waals surface area contributed by atoms with Crippen LogP contribution in [0, 0.1) is 0 Å². The first-order valence-electron chi connectivity index (χ1n) is 6.52. The Balaban J connectivity index is 2.10. The van der Waals surface area contributed by atoms with Gasteiger partial charge in [0.25, 0.3) is 0 Å². The summed E-state index contributed by atoms with van der Waals surface area (Å²) >= 11 is 9.49. The van der Waals surface area contributed by atoms with E-state index in [2.05, 4.69) is 21.2 Å². The Kier molecular flexibility index (Phi) is 5.91. The van der Waals surface area contributed by atoms with Gasteiger partial charge in [-0.05, 0) is 58.9 Å². The van der Waals surface area contributed by atoms with Gasteiger partial charge in [-0.15, -0.1) is 0 Å². The quantitative estimate of drug-likeness (QED) is 0.817. The Bertz CT molecular complexity index is 619. The van der Waals surface area contributed by atoms with Crippen molar-refractivity contribution in [1.82, 2.24) is 5.32 Å². The number of ether oxygens (including phenoxy) is 2. The topological polar surface area (TPSA) is 30.5 Å². The standard InChI is InChI=1S/C16H17BrClNO2/c1-19-9-12-8-13(18)4-6-15(12)21-10-11-3-5-16(20-2)14(17)7-11/h3-8,19H,9-10H2,1-2H3. The van der Waals surface area contributed by atoms with Gasteiger partial charge >= 0.3 is 0 Å². The molecule has 2 aromatic rings. The molecule has 2 rings (SSSR count). The third-order valence-electron chi connectivity index (χ3n) is 3.00. The van der Waals surface area contributed by atoms with Crippen LogP contribution >= 0.6 is 27.5 Å². The molecule has 0 heterocycles. The fourth-order valence-corrected chi connectivity index (χ4v) is 2.76. The van der Waals surface area contributed by atoms with E-state index < -0.39 is 0 Å². The predicted octanol–water partition coefficient (Wildman–Crippen LogP) is 4.41. The van der Waals surface area contributed by atoms with Gasteiger partial charge in [-0.3, -0.25) is 0 Å². The van der Waals surface area contributed by atoms with E-state index in [1.807, 2.05) is 43.4 Å². The molecule has 3 nitrogen and oxygen atoms in total. The summed E-state index contributed by atoms with van der Waals surface area (Å²) in [5.41, 5.74) is 2.10. The van der Waals surface area contributed by atoms with Gasteiger partial charge in [0.1, 0.15) is 18.1 Å². The highest BCUT2D eigenvalue weighted by atomic mass is 79.9. The van der Waals surface area contributed by atoms with Crippen molar-refractivity contribution in [2.75, 3.05) is 14.2 Å². The molecule has 0 atom stereocenters. The lowest BCUT2D eigenvalue weighted by molar-refractivity contribution is 0.302. The highest BCUT2D eigenvalue weighted by molar-refractivity contribution is 9.10. The summed E-state index contributed by atoms with van der Waals surface area (Å²) < 4.78 is 12.0. The zero-order valence-electron chi connectivity index (χ0n) is 12.0. The molecule has 0 unspecified atom stereocenters. The molecule has 0 amide bonds. The number of methoxy groups -OCH3 is 1. The third-order valence-corrected chi connectivity index (χ3v) is 3.86. The minimum Gasteiger partial charge on any atom is -0.496 e. The molecule has 2 aromatic carbocycles. The van der Waals surface area contributed by atoms with Crippen molar-refractivity contribution in [3.63, 3.8) is 0 Å². The second-order valence-electron chi connectivity index (χ2n) is 4.54. The lowest BCUT2D eigenvalue weighted by Gasteiger charge is -2.12. The molecule has 0 aliphatic carbocycles. The highest BCUT2D eigenvalue weighted by Gasteiger charge is 2.06. The molecule has 0 saturated carbocycles. The monoisotopic (exact) mass is 369 g/mol. The lowest BCUT2D eigenvalue weighted by atomic mass is 10.2. The molecule has 1 N–H and O–H groups in total. The fraction of sp³-hybridized carbons (Fsp3) is 0.250. The predicted molar refractivity (Wildman–Crippen MR) is 89.2 cm³/mol. The van der Waals surface area contributed by atoms with E-state index in [0.29, 0.717) is 18.2 Å². The zero-order valence-corrected chi connectivity index (χ0v) is 14.3. The minimum atomic E-state index is 0.487. The molecule has 21 heavy (non-hydrogen) atoms. The molecule has 112 valence electrons. The summed E-state index contributed by atoms with van der Waals surface area (Å²) in [7, 11) is 3.54. The van der Waals surface area contributed by atoms with Gasteiger partial charge in [-0.25, -0.2) is 0 Å². The van der Waals surface area contributed by atoms with Crippen LogP contribution in [-0.4, -0.2) is 14.2 Å². The maximum absolute atomic E-state index is 6.02. The minimum absolute atomic E-state index is 0.487. The second-order valence-corrected chi connectivity index (χ2v) is 5.83. The van der Waals surface area contributed by atoms with Crippen molar-refractivity contribution in [2.45, 2.75) is 13.2 Å². The summed E-state index contributed by atoms with van der Waals surface area (Å²) in [6.07, 6.45) is 0. The van der Waals surface area contributed by atoms with Gasteiger partial charge in [-0.1, -0.05) is 17.7 Å². The number of hydrogen-bond acceptors (Lipinski definition) is 3. The van der Waals surface area contributed by atoms with Crippen molar-refractivity contribution in [1.29, 1.82) is 0 Å². The normalized spacial score (nSPS) is 10.5. The Morgan fingerprint density at radius 3 is 2.57 bits per heavy atom. The Labute approximate surface area is 138 Å². The van der Waals surface area contributed by atoms with Crippen molar-refractivity contribution in [3.8, 4) is 11.5 Å². The maximum atomic E-state index is 6.02. The molecule has 0 aromatic heterocycles. The van der Waals surface area contributed by atoms with E-state index in [1.54, 1.807) is 7.11 Å².